The van der Waals surface area contributed by atoms with Gasteiger partial charge in [0.15, 0.2) is 0 Å². The molecule has 0 amide bonds. The second kappa shape index (κ2) is 12.3. The van der Waals surface area contributed by atoms with Gasteiger partial charge in [-0.1, -0.05) is 66.7 Å². The van der Waals surface area contributed by atoms with Crippen LogP contribution in [-0.4, -0.2) is 45.6 Å². The first-order chi connectivity index (χ1) is 18.5. The lowest BCUT2D eigenvalue weighted by atomic mass is 10.1. The molecule has 0 unspecified atom stereocenters. The number of ether oxygens (including phenoxy) is 2. The maximum atomic E-state index is 13.9. The zero-order valence-electron chi connectivity index (χ0n) is 21.7. The van der Waals surface area contributed by atoms with Crippen molar-refractivity contribution in [2.45, 2.75) is 32.1 Å². The van der Waals surface area contributed by atoms with Crippen LogP contribution in [0.3, 0.4) is 0 Å². The highest BCUT2D eigenvalue weighted by molar-refractivity contribution is 5.65. The molecule has 3 aromatic carbocycles. The van der Waals surface area contributed by atoms with E-state index in [0.717, 1.165) is 28.9 Å². The third kappa shape index (κ3) is 7.07. The molecule has 38 heavy (non-hydrogen) atoms. The highest BCUT2D eigenvalue weighted by Crippen LogP contribution is 2.36. The van der Waals surface area contributed by atoms with Crippen LogP contribution in [0.4, 0.5) is 4.39 Å². The zero-order valence-corrected chi connectivity index (χ0v) is 21.7. The van der Waals surface area contributed by atoms with Gasteiger partial charge in [-0.15, -0.1) is 0 Å². The Morgan fingerprint density at radius 1 is 1.03 bits per heavy atom. The van der Waals surface area contributed by atoms with Crippen molar-refractivity contribution in [3.63, 3.8) is 0 Å². The molecule has 0 spiro atoms. The predicted octanol–water partition coefficient (Wildman–Crippen LogP) is 5.81. The Labute approximate surface area is 223 Å². The van der Waals surface area contributed by atoms with Crippen molar-refractivity contribution in [1.29, 1.82) is 0 Å². The van der Waals surface area contributed by atoms with E-state index in [-0.39, 0.29) is 12.4 Å². The van der Waals surface area contributed by atoms with Crippen molar-refractivity contribution in [3.8, 4) is 22.9 Å². The van der Waals surface area contributed by atoms with E-state index in [9.17, 15) is 9.50 Å². The largest absolute Gasteiger partial charge is 0.439 e. The molecular formula is C31H34FN3O3. The van der Waals surface area contributed by atoms with Gasteiger partial charge in [-0.3, -0.25) is 4.90 Å². The summed E-state index contributed by atoms with van der Waals surface area (Å²) < 4.78 is 27.6. The summed E-state index contributed by atoms with van der Waals surface area (Å²) in [6.45, 7) is 2.59. The molecule has 4 aromatic rings. The topological polar surface area (TPSA) is 59.8 Å². The van der Waals surface area contributed by atoms with Crippen LogP contribution in [0.1, 0.15) is 24.0 Å². The predicted molar refractivity (Wildman–Crippen MR) is 145 cm³/mol. The van der Waals surface area contributed by atoms with E-state index >= 15 is 0 Å². The van der Waals surface area contributed by atoms with E-state index in [1.54, 1.807) is 16.8 Å². The van der Waals surface area contributed by atoms with Crippen LogP contribution in [0.15, 0.2) is 84.9 Å². The Hall–Kier alpha value is -3.52. The van der Waals surface area contributed by atoms with Crippen LogP contribution < -0.4 is 4.74 Å². The second-order valence-electron chi connectivity index (χ2n) is 9.97. The summed E-state index contributed by atoms with van der Waals surface area (Å²) in [5.41, 5.74) is 3.78. The van der Waals surface area contributed by atoms with Crippen LogP contribution in [0, 0.1) is 11.7 Å². The minimum Gasteiger partial charge on any atom is -0.439 e. The standard InChI is InChI=1S/C31H34FN3O3/c1-34-31(38-28-14-8-13-26(32)17-28)29(30(33-34)25-11-6-3-7-12-25)20-35(18-23-15-16-23)19-27(36)22-37-21-24-9-4-2-5-10-24/h2-14,17,23,27,36H,15-16,18-22H2,1H3/t27-/m0/s1. The molecule has 1 N–H and O–H groups in total. The van der Waals surface area contributed by atoms with Crippen molar-refractivity contribution < 1.29 is 19.0 Å². The smallest absolute Gasteiger partial charge is 0.222 e. The highest BCUT2D eigenvalue weighted by Gasteiger charge is 2.28. The van der Waals surface area contributed by atoms with Crippen molar-refractivity contribution in [2.24, 2.45) is 13.0 Å². The Kier molecular flexibility index (Phi) is 8.48. The molecule has 0 saturated heterocycles. The number of rotatable bonds is 13. The van der Waals surface area contributed by atoms with Gasteiger partial charge in [-0.2, -0.15) is 5.10 Å². The van der Waals surface area contributed by atoms with E-state index in [4.69, 9.17) is 14.6 Å². The van der Waals surface area contributed by atoms with Crippen LogP contribution >= 0.6 is 0 Å². The fourth-order valence-corrected chi connectivity index (χ4v) is 4.62. The maximum absolute atomic E-state index is 13.9. The Balaban J connectivity index is 1.36. The van der Waals surface area contributed by atoms with Gasteiger partial charge < -0.3 is 14.6 Å². The molecule has 1 aromatic heterocycles. The molecule has 1 aliphatic carbocycles. The van der Waals surface area contributed by atoms with Crippen LogP contribution in [0.2, 0.25) is 0 Å². The van der Waals surface area contributed by atoms with E-state index in [1.807, 2.05) is 67.7 Å². The van der Waals surface area contributed by atoms with Gasteiger partial charge >= 0.3 is 0 Å². The molecule has 6 nitrogen and oxygen atoms in total. The summed E-state index contributed by atoms with van der Waals surface area (Å²) in [6.07, 6.45) is 1.76. The minimum absolute atomic E-state index is 0.251. The van der Waals surface area contributed by atoms with Crippen molar-refractivity contribution in [3.05, 3.63) is 102 Å². The molecule has 198 valence electrons. The molecule has 1 atom stereocenters. The molecule has 1 saturated carbocycles. The monoisotopic (exact) mass is 515 g/mol. The van der Waals surface area contributed by atoms with Crippen LogP contribution in [0.5, 0.6) is 11.6 Å². The van der Waals surface area contributed by atoms with E-state index < -0.39 is 6.10 Å². The number of aromatic nitrogens is 2. The average Bonchev–Trinajstić information content (AvgIpc) is 3.69. The molecule has 1 heterocycles. The first kappa shape index (κ1) is 26.1. The van der Waals surface area contributed by atoms with Gasteiger partial charge in [-0.05, 0) is 36.5 Å². The Morgan fingerprint density at radius 3 is 2.47 bits per heavy atom. The van der Waals surface area contributed by atoms with Crippen molar-refractivity contribution in [1.82, 2.24) is 14.7 Å². The van der Waals surface area contributed by atoms with E-state index in [0.29, 0.717) is 37.2 Å². The van der Waals surface area contributed by atoms with Gasteiger partial charge in [0, 0.05) is 38.3 Å². The fourth-order valence-electron chi connectivity index (χ4n) is 4.62. The van der Waals surface area contributed by atoms with Crippen molar-refractivity contribution in [2.75, 3.05) is 19.7 Å². The molecule has 7 heteroatoms. The summed E-state index contributed by atoms with van der Waals surface area (Å²) in [5.74, 6) is 1.24. The normalized spacial score (nSPS) is 14.1. The lowest BCUT2D eigenvalue weighted by Gasteiger charge is -2.25. The number of aliphatic hydroxyl groups is 1. The van der Waals surface area contributed by atoms with Gasteiger partial charge in [0.2, 0.25) is 5.88 Å². The summed E-state index contributed by atoms with van der Waals surface area (Å²) in [7, 11) is 1.84. The number of nitrogens with zero attached hydrogens (tertiary/aromatic N) is 3. The third-order valence-corrected chi connectivity index (χ3v) is 6.63. The molecule has 0 bridgehead atoms. The van der Waals surface area contributed by atoms with Gasteiger partial charge in [0.1, 0.15) is 17.3 Å². The SMILES string of the molecule is Cn1nc(-c2ccccc2)c(CN(CC2CC2)C[C@H](O)COCc2ccccc2)c1Oc1cccc(F)c1. The lowest BCUT2D eigenvalue weighted by Crippen LogP contribution is -2.36. The zero-order chi connectivity index (χ0) is 26.3. The number of benzene rings is 3. The van der Waals surface area contributed by atoms with Gasteiger partial charge in [0.25, 0.3) is 0 Å². The molecule has 5 rings (SSSR count). The highest BCUT2D eigenvalue weighted by atomic mass is 19.1. The van der Waals surface area contributed by atoms with E-state index in [1.165, 1.54) is 25.0 Å². The molecule has 0 radical (unpaired) electrons. The van der Waals surface area contributed by atoms with Crippen LogP contribution in [-0.2, 0) is 24.9 Å². The molecular weight excluding hydrogens is 481 g/mol. The first-order valence-corrected chi connectivity index (χ1v) is 13.1. The minimum atomic E-state index is -0.637. The molecule has 0 aliphatic heterocycles. The average molecular weight is 516 g/mol. The number of hydrogen-bond acceptors (Lipinski definition) is 5. The van der Waals surface area contributed by atoms with E-state index in [2.05, 4.69) is 4.90 Å². The summed E-state index contributed by atoms with van der Waals surface area (Å²) in [6, 6.07) is 26.1. The number of aryl methyl sites for hydroxylation is 1. The lowest BCUT2D eigenvalue weighted by molar-refractivity contribution is 0.00774. The summed E-state index contributed by atoms with van der Waals surface area (Å²) in [5, 5.41) is 15.7. The second-order valence-corrected chi connectivity index (χ2v) is 9.97. The number of aliphatic hydroxyl groups excluding tert-OH is 1. The number of halogens is 1. The van der Waals surface area contributed by atoms with Gasteiger partial charge in [0.05, 0.1) is 24.9 Å². The fraction of sp³-hybridized carbons (Fsp3) is 0.323. The van der Waals surface area contributed by atoms with Crippen LogP contribution in [0.25, 0.3) is 11.3 Å². The summed E-state index contributed by atoms with van der Waals surface area (Å²) in [4.78, 5) is 2.26. The van der Waals surface area contributed by atoms with Gasteiger partial charge in [-0.25, -0.2) is 9.07 Å². The first-order valence-electron chi connectivity index (χ1n) is 13.1. The maximum Gasteiger partial charge on any atom is 0.222 e. The Bertz CT molecular complexity index is 1310. The Morgan fingerprint density at radius 2 is 1.76 bits per heavy atom. The third-order valence-electron chi connectivity index (χ3n) is 6.63. The molecule has 1 fully saturated rings. The molecule has 1 aliphatic rings. The quantitative estimate of drug-likeness (QED) is 0.244. The number of hydrogen-bond donors (Lipinski definition) is 1. The summed E-state index contributed by atoms with van der Waals surface area (Å²) >= 11 is 0. The van der Waals surface area contributed by atoms with Crippen molar-refractivity contribution >= 4 is 0 Å².